The average molecular weight is 1940 g/mol. The molecule has 27 rings (SSSR count). The topological polar surface area (TPSA) is 85.1 Å². The van der Waals surface area contributed by atoms with E-state index in [1.165, 1.54) is 17.2 Å². The first-order chi connectivity index (χ1) is 77.3. The van der Waals surface area contributed by atoms with Crippen LogP contribution >= 0.6 is 0 Å². The highest BCUT2D eigenvalue weighted by molar-refractivity contribution is 6.23. The summed E-state index contributed by atoms with van der Waals surface area (Å²) in [7, 11) is 9.85. The highest BCUT2D eigenvalue weighted by Gasteiger charge is 2.32. The number of benzene rings is 15. The van der Waals surface area contributed by atoms with Gasteiger partial charge in [-0.05, 0) is 230 Å². The maximum absolute atomic E-state index is 9.02. The number of aryl methyl sites for hydroxylation is 15. The van der Waals surface area contributed by atoms with Gasteiger partial charge in [-0.2, -0.15) is 0 Å². The van der Waals surface area contributed by atoms with E-state index in [9.17, 15) is 0 Å². The molecule has 10 heteroatoms. The summed E-state index contributed by atoms with van der Waals surface area (Å²) in [4.78, 5) is 0. The summed E-state index contributed by atoms with van der Waals surface area (Å²) in [5.74, 6) is 0.0475. The number of hydrogen-bond acceptors (Lipinski definition) is 5. The van der Waals surface area contributed by atoms with E-state index in [0.717, 1.165) is 277 Å². The number of aromatic nitrogens is 5. The van der Waals surface area contributed by atoms with Crippen molar-refractivity contribution in [2.75, 3.05) is 0 Å². The zero-order valence-corrected chi connectivity index (χ0v) is 85.9. The van der Waals surface area contributed by atoms with Gasteiger partial charge in [-0.3, -0.25) is 0 Å². The van der Waals surface area contributed by atoms with Gasteiger partial charge in [0.1, 0.15) is 91.1 Å². The number of furan rings is 5. The van der Waals surface area contributed by atoms with Gasteiger partial charge < -0.3 is 22.1 Å². The molecule has 2 saturated carbocycles. The van der Waals surface area contributed by atoms with Gasteiger partial charge in [0.15, 0.2) is 31.0 Å². The van der Waals surface area contributed by atoms with Gasteiger partial charge in [-0.15, -0.1) is 0 Å². The minimum absolute atomic E-state index is 0.0799. The molecular weight excluding hydrogens is 1800 g/mol. The summed E-state index contributed by atoms with van der Waals surface area (Å²) in [6, 6.07) is 95.9. The van der Waals surface area contributed by atoms with Crippen LogP contribution in [0.3, 0.4) is 0 Å². The smallest absolute Gasteiger partial charge is 0.216 e. The third-order valence-electron chi connectivity index (χ3n) is 30.6. The van der Waals surface area contributed by atoms with Crippen LogP contribution < -0.4 is 22.8 Å². The molecule has 0 amide bonds. The Kier molecular flexibility index (Phi) is 20.9. The van der Waals surface area contributed by atoms with E-state index in [2.05, 4.69) is 193 Å². The van der Waals surface area contributed by atoms with E-state index < -0.39 is 39.7 Å². The van der Waals surface area contributed by atoms with Crippen molar-refractivity contribution in [2.45, 2.75) is 160 Å². The largest absolute Gasteiger partial charge is 0.454 e. The van der Waals surface area contributed by atoms with Crippen molar-refractivity contribution in [3.8, 4) is 56.3 Å². The minimum atomic E-state index is -2.33. The SMILES string of the molecule is [2H]C([2H])([2H])c1c[n+](C)c(-c2c(C)cc(C([2H])([2H])[2H])c3c2oc2c4ccccc4ccc23)cc1C.[2H]C([2H])([2H])c1cc(C)c(-c2cc(C)cc[n+]2C)c2oc3c4ccccc4ccc3c12.[2H]C([2H])(c1cc[n+](C)c(-c2c(C)ccc3c2oc2c4ccccc4ccc32)c1)C(C)C.[2H]C([2H])(c1cc[n+](C)c(-c2c(C)ccc3c2oc2c4ccccc4ccc32)c1)C1CCCC1.[2H]C([2H])(c1cc[n+](C)c(-c2c(C)ccc3c2oc2c4ccccc4ccc32)c1)C1CCCCC1. The van der Waals surface area contributed by atoms with E-state index in [0.29, 0.717) is 44.2 Å². The van der Waals surface area contributed by atoms with Crippen LogP contribution in [-0.2, 0) is 54.4 Å². The van der Waals surface area contributed by atoms with Crippen LogP contribution in [0.2, 0.25) is 0 Å². The lowest BCUT2D eigenvalue weighted by Gasteiger charge is -2.21. The van der Waals surface area contributed by atoms with Crippen LogP contribution in [0.15, 0.2) is 338 Å². The zero-order chi connectivity index (χ0) is 114. The summed E-state index contributed by atoms with van der Waals surface area (Å²) in [5.41, 5.74) is 27.2. The molecule has 0 saturated heterocycles. The van der Waals surface area contributed by atoms with Gasteiger partial charge in [0.05, 0.1) is 27.8 Å². The molecule has 147 heavy (non-hydrogen) atoms. The van der Waals surface area contributed by atoms with Crippen LogP contribution in [0.1, 0.15) is 165 Å². The molecule has 10 heterocycles. The van der Waals surface area contributed by atoms with E-state index in [-0.39, 0.29) is 28.9 Å². The summed E-state index contributed by atoms with van der Waals surface area (Å²) >= 11 is 0. The first-order valence-electron chi connectivity index (χ1n) is 59.1. The predicted molar refractivity (Wildman–Crippen MR) is 611 cm³/mol. The molecule has 0 atom stereocenters. The second-order valence-corrected chi connectivity index (χ2v) is 41.1. The molecule has 2 fully saturated rings. The van der Waals surface area contributed by atoms with Crippen LogP contribution in [0, 0.1) is 86.8 Å². The van der Waals surface area contributed by atoms with Gasteiger partial charge >= 0.3 is 0 Å². The van der Waals surface area contributed by atoms with E-state index in [1.807, 2.05) is 207 Å². The van der Waals surface area contributed by atoms with Crippen molar-refractivity contribution >= 4 is 164 Å². The monoisotopic (exact) mass is 1940 g/mol. The fourth-order valence-corrected chi connectivity index (χ4v) is 23.0. The molecule has 728 valence electrons. The zero-order valence-electron chi connectivity index (χ0n) is 101. The molecule has 2 aliphatic rings. The van der Waals surface area contributed by atoms with E-state index >= 15 is 0 Å². The summed E-state index contributed by atoms with van der Waals surface area (Å²) in [5, 5.41) is 20.3. The lowest BCUT2D eigenvalue weighted by Crippen LogP contribution is -2.31. The maximum atomic E-state index is 9.02. The number of nitrogens with zero attached hydrogens (tertiary/aromatic N) is 5. The molecule has 25 aromatic rings. The number of pyridine rings is 5. The Bertz CT molecular complexity index is 10300. The Morgan fingerprint density at radius 2 is 0.551 bits per heavy atom. The van der Waals surface area contributed by atoms with Crippen LogP contribution in [0.5, 0.6) is 0 Å². The number of rotatable bonds is 11. The van der Waals surface area contributed by atoms with Crippen LogP contribution in [0.4, 0.5) is 0 Å². The maximum Gasteiger partial charge on any atom is 0.216 e. The highest BCUT2D eigenvalue weighted by atomic mass is 16.3. The van der Waals surface area contributed by atoms with Gasteiger partial charge in [0, 0.05) is 162 Å². The fraction of sp³-hybridized carbons (Fsp3) is 0.234. The van der Waals surface area contributed by atoms with Crippen molar-refractivity contribution < 1.29 is 65.5 Å². The quantitative estimate of drug-likeness (QED) is 0.120. The number of fused-ring (bicyclic) bond motifs is 25. The Balaban J connectivity index is 0.000000109. The molecular formula is C137H130N5O5+5. The Morgan fingerprint density at radius 3 is 0.918 bits per heavy atom. The Hall–Kier alpha value is -15.7. The van der Waals surface area contributed by atoms with E-state index in [1.54, 1.807) is 36.9 Å². The standard InChI is InChI=1S/C30H30NO.C29H28NO.C27H26NO.C26H24NO.C25H22NO/c1-20-12-14-26-25-15-13-23-10-6-7-11-24(23)29(25)32-30(26)28(20)27-19-22(16-17-31(27)2)18-21-8-4-3-5-9-21;1-19-11-13-25-24-14-12-22-9-5-6-10-23(22)28(24)31-29(25)27(19)26-18-21(15-16-30(26)2)17-20-7-3-4-8-20;1-17(2)15-19-13-14-28(4)24(16-19)25-18(3)9-11-23-22-12-10-20-7-5-6-8-21(20)26(22)29-27(23)25;1-15-13-22(27(5)14-18(15)4)24-17(3)12-16(2)23-21-11-10-19-8-6-7-9-20(19)25(21)28-26(23)24;1-15-11-12-26(4)21(13-15)23-17(3)14-16(2)22-20-10-9-18-7-5-6-8-19(18)24(20)27-25(22)23/h6-7,10-17,19,21H,3-5,8-9,18H2,1-2H3;5-6,9-16,18,20H,3-4,7-8,17H2,1-2H3;5-14,16-17H,15H2,1-4H3;6-14H,1-5H3;5-14H,1-4H3/q5*+1/i18D2;17D2;15D2;2D3,4D3;2D3. The van der Waals surface area contributed by atoms with Crippen molar-refractivity contribution in [1.29, 1.82) is 0 Å². The first kappa shape index (κ1) is 78.7. The van der Waals surface area contributed by atoms with Gasteiger partial charge in [0.2, 0.25) is 28.5 Å². The molecule has 0 aliphatic heterocycles. The lowest BCUT2D eigenvalue weighted by molar-refractivity contribution is -0.660. The predicted octanol–water partition coefficient (Wildman–Crippen LogP) is 34.3. The summed E-state index contributed by atoms with van der Waals surface area (Å²) < 4.78 is 168. The fourth-order valence-electron chi connectivity index (χ4n) is 23.0. The Morgan fingerprint density at radius 1 is 0.259 bits per heavy atom. The van der Waals surface area contributed by atoms with E-state index in [4.69, 9.17) is 42.6 Å². The van der Waals surface area contributed by atoms with Crippen molar-refractivity contribution in [3.05, 3.63) is 388 Å². The van der Waals surface area contributed by atoms with Crippen molar-refractivity contribution in [2.24, 2.45) is 53.0 Å². The highest BCUT2D eigenvalue weighted by Crippen LogP contribution is 2.49. The van der Waals surface area contributed by atoms with Gasteiger partial charge in [-0.1, -0.05) is 272 Å². The molecule has 15 aromatic carbocycles. The average Bonchev–Trinajstić information content (AvgIpc) is 1.62. The molecule has 10 nitrogen and oxygen atoms in total. The van der Waals surface area contributed by atoms with Crippen LogP contribution in [-0.4, -0.2) is 0 Å². The van der Waals surface area contributed by atoms with Crippen molar-refractivity contribution in [3.63, 3.8) is 0 Å². The lowest BCUT2D eigenvalue weighted by atomic mass is 9.85. The third kappa shape index (κ3) is 17.5. The Labute approximate surface area is 881 Å². The minimum Gasteiger partial charge on any atom is -0.454 e. The molecule has 0 N–H and O–H groups in total. The molecule has 10 aromatic heterocycles. The second kappa shape index (κ2) is 39.0. The second-order valence-electron chi connectivity index (χ2n) is 41.1. The summed E-state index contributed by atoms with van der Waals surface area (Å²) in [6.07, 6.45) is 15.1. The summed E-state index contributed by atoms with van der Waals surface area (Å²) in [6.45, 7) is 11.0. The number of hydrogen-bond donors (Lipinski definition) is 0. The first-order valence-corrected chi connectivity index (χ1v) is 51.6. The van der Waals surface area contributed by atoms with Crippen molar-refractivity contribution in [1.82, 2.24) is 0 Å². The normalized spacial score (nSPS) is 15.2. The van der Waals surface area contributed by atoms with Gasteiger partial charge in [0.25, 0.3) is 0 Å². The van der Waals surface area contributed by atoms with Gasteiger partial charge in [-0.25, -0.2) is 22.8 Å². The van der Waals surface area contributed by atoms with Crippen LogP contribution in [0.25, 0.3) is 220 Å². The molecule has 0 unspecified atom stereocenters. The molecule has 0 radical (unpaired) electrons. The molecule has 0 spiro atoms. The third-order valence-corrected chi connectivity index (χ3v) is 30.6. The molecule has 0 bridgehead atoms. The molecule has 2 aliphatic carbocycles.